The standard InChI is InChI=1S/C17H32N6S/c1-5-18-16(20-11-14-8-9-14)19-10-6-7-15-21-22-17(24-4)23(15)12-13(2)3/h13-14H,5-12H2,1-4H3,(H2,18,19,20). The van der Waals surface area contributed by atoms with Gasteiger partial charge in [0.05, 0.1) is 0 Å². The maximum absolute atomic E-state index is 4.65. The van der Waals surface area contributed by atoms with Crippen LogP contribution in [0.15, 0.2) is 10.1 Å². The first-order chi connectivity index (χ1) is 11.6. The highest BCUT2D eigenvalue weighted by atomic mass is 32.2. The van der Waals surface area contributed by atoms with Crippen LogP contribution in [0, 0.1) is 11.8 Å². The van der Waals surface area contributed by atoms with Crippen molar-refractivity contribution in [3.8, 4) is 0 Å². The molecule has 0 bridgehead atoms. The molecule has 7 heteroatoms. The molecule has 0 radical (unpaired) electrons. The fourth-order valence-corrected chi connectivity index (χ4v) is 3.04. The van der Waals surface area contributed by atoms with Gasteiger partial charge in [-0.1, -0.05) is 25.6 Å². The molecule has 0 aromatic carbocycles. The molecule has 1 aromatic heterocycles. The first kappa shape index (κ1) is 19.1. The molecule has 0 saturated heterocycles. The zero-order valence-corrected chi connectivity index (χ0v) is 16.3. The minimum absolute atomic E-state index is 0.596. The molecule has 136 valence electrons. The van der Waals surface area contributed by atoms with Crippen LogP contribution in [0.4, 0.5) is 0 Å². The average Bonchev–Trinajstić information content (AvgIpc) is 3.31. The first-order valence-corrected chi connectivity index (χ1v) is 10.3. The van der Waals surface area contributed by atoms with Gasteiger partial charge in [-0.05, 0) is 44.3 Å². The Morgan fingerprint density at radius 3 is 2.75 bits per heavy atom. The van der Waals surface area contributed by atoms with Crippen LogP contribution in [0.1, 0.15) is 45.9 Å². The number of hydrogen-bond acceptors (Lipinski definition) is 4. The summed E-state index contributed by atoms with van der Waals surface area (Å²) in [4.78, 5) is 4.65. The van der Waals surface area contributed by atoms with Crippen molar-refractivity contribution < 1.29 is 0 Å². The van der Waals surface area contributed by atoms with Crippen molar-refractivity contribution in [2.24, 2.45) is 16.8 Å². The Bertz CT molecular complexity index is 521. The smallest absolute Gasteiger partial charge is 0.191 e. The maximum Gasteiger partial charge on any atom is 0.191 e. The molecule has 1 aliphatic carbocycles. The van der Waals surface area contributed by atoms with Gasteiger partial charge in [0.25, 0.3) is 0 Å². The third-order valence-corrected chi connectivity index (χ3v) is 4.61. The number of aliphatic imine (C=N–C) groups is 1. The van der Waals surface area contributed by atoms with Crippen LogP contribution in [-0.2, 0) is 13.0 Å². The summed E-state index contributed by atoms with van der Waals surface area (Å²) >= 11 is 1.67. The first-order valence-electron chi connectivity index (χ1n) is 9.12. The van der Waals surface area contributed by atoms with E-state index in [0.29, 0.717) is 5.92 Å². The molecule has 0 atom stereocenters. The number of nitrogens with zero attached hydrogens (tertiary/aromatic N) is 4. The van der Waals surface area contributed by atoms with Gasteiger partial charge in [0.15, 0.2) is 11.1 Å². The zero-order chi connectivity index (χ0) is 17.4. The quantitative estimate of drug-likeness (QED) is 0.293. The zero-order valence-electron chi connectivity index (χ0n) is 15.5. The van der Waals surface area contributed by atoms with E-state index >= 15 is 0 Å². The molecule has 0 spiro atoms. The second-order valence-corrected chi connectivity index (χ2v) is 7.57. The SMILES string of the molecule is CCNC(=NCC1CC1)NCCCc1nnc(SC)n1CC(C)C. The minimum atomic E-state index is 0.596. The van der Waals surface area contributed by atoms with Gasteiger partial charge in [0.1, 0.15) is 5.82 Å². The number of rotatable bonds is 10. The second kappa shape index (κ2) is 9.91. The van der Waals surface area contributed by atoms with Gasteiger partial charge in [-0.15, -0.1) is 10.2 Å². The minimum Gasteiger partial charge on any atom is -0.357 e. The molecule has 0 unspecified atom stereocenters. The Hall–Kier alpha value is -1.24. The van der Waals surface area contributed by atoms with E-state index in [1.807, 2.05) is 0 Å². The van der Waals surface area contributed by atoms with E-state index in [9.17, 15) is 0 Å². The summed E-state index contributed by atoms with van der Waals surface area (Å²) in [7, 11) is 0. The molecule has 1 aliphatic rings. The Balaban J connectivity index is 1.80. The fraction of sp³-hybridized carbons (Fsp3) is 0.824. The van der Waals surface area contributed by atoms with Gasteiger partial charge in [0, 0.05) is 32.6 Å². The predicted molar refractivity (Wildman–Crippen MR) is 102 cm³/mol. The maximum atomic E-state index is 4.65. The van der Waals surface area contributed by atoms with Crippen molar-refractivity contribution in [2.45, 2.75) is 58.2 Å². The van der Waals surface area contributed by atoms with Crippen molar-refractivity contribution in [3.63, 3.8) is 0 Å². The summed E-state index contributed by atoms with van der Waals surface area (Å²) in [5, 5.41) is 16.5. The number of hydrogen-bond donors (Lipinski definition) is 2. The normalized spacial score (nSPS) is 15.1. The van der Waals surface area contributed by atoms with Gasteiger partial charge in [-0.2, -0.15) is 0 Å². The lowest BCUT2D eigenvalue weighted by atomic mass is 10.2. The molecule has 1 aromatic rings. The molecule has 0 amide bonds. The van der Waals surface area contributed by atoms with Crippen LogP contribution in [0.3, 0.4) is 0 Å². The van der Waals surface area contributed by atoms with Gasteiger partial charge < -0.3 is 15.2 Å². The average molecular weight is 353 g/mol. The third kappa shape index (κ3) is 6.34. The van der Waals surface area contributed by atoms with Crippen LogP contribution in [-0.4, -0.2) is 46.6 Å². The van der Waals surface area contributed by atoms with Crippen LogP contribution < -0.4 is 10.6 Å². The fourth-order valence-electron chi connectivity index (χ4n) is 2.52. The van der Waals surface area contributed by atoms with Crippen LogP contribution in [0.5, 0.6) is 0 Å². The second-order valence-electron chi connectivity index (χ2n) is 6.80. The molecular formula is C17H32N6S. The van der Waals surface area contributed by atoms with Gasteiger partial charge in [-0.25, -0.2) is 0 Å². The highest BCUT2D eigenvalue weighted by Gasteiger charge is 2.20. The molecule has 2 rings (SSSR count). The Kier molecular flexibility index (Phi) is 7.88. The summed E-state index contributed by atoms with van der Waals surface area (Å²) < 4.78 is 2.27. The van der Waals surface area contributed by atoms with Crippen LogP contribution >= 0.6 is 11.8 Å². The number of nitrogens with one attached hydrogen (secondary N) is 2. The number of guanidine groups is 1. The van der Waals surface area contributed by atoms with E-state index < -0.39 is 0 Å². The molecule has 6 nitrogen and oxygen atoms in total. The van der Waals surface area contributed by atoms with E-state index in [-0.39, 0.29) is 0 Å². The summed E-state index contributed by atoms with van der Waals surface area (Å²) in [5.74, 6) is 3.45. The predicted octanol–water partition coefficient (Wildman–Crippen LogP) is 2.55. The van der Waals surface area contributed by atoms with Gasteiger partial charge >= 0.3 is 0 Å². The van der Waals surface area contributed by atoms with Crippen molar-refractivity contribution in [2.75, 3.05) is 25.9 Å². The van der Waals surface area contributed by atoms with Crippen LogP contribution in [0.2, 0.25) is 0 Å². The van der Waals surface area contributed by atoms with E-state index in [2.05, 4.69) is 57.4 Å². The number of aromatic nitrogens is 3. The molecule has 0 aliphatic heterocycles. The highest BCUT2D eigenvalue weighted by molar-refractivity contribution is 7.98. The van der Waals surface area contributed by atoms with E-state index in [4.69, 9.17) is 0 Å². The highest BCUT2D eigenvalue weighted by Crippen LogP contribution is 2.28. The van der Waals surface area contributed by atoms with Gasteiger partial charge in [-0.3, -0.25) is 4.99 Å². The molecule has 2 N–H and O–H groups in total. The van der Waals surface area contributed by atoms with E-state index in [0.717, 1.165) is 61.9 Å². The number of thioether (sulfide) groups is 1. The molecule has 1 fully saturated rings. The van der Waals surface area contributed by atoms with E-state index in [1.165, 1.54) is 12.8 Å². The summed E-state index contributed by atoms with van der Waals surface area (Å²) in [6, 6.07) is 0. The van der Waals surface area contributed by atoms with Gasteiger partial charge in [0.2, 0.25) is 0 Å². The van der Waals surface area contributed by atoms with Crippen molar-refractivity contribution in [1.82, 2.24) is 25.4 Å². The van der Waals surface area contributed by atoms with E-state index in [1.54, 1.807) is 11.8 Å². The Labute approximate surface area is 150 Å². The summed E-state index contributed by atoms with van der Waals surface area (Å²) in [5.41, 5.74) is 0. The Morgan fingerprint density at radius 1 is 1.33 bits per heavy atom. The molecule has 1 heterocycles. The largest absolute Gasteiger partial charge is 0.357 e. The topological polar surface area (TPSA) is 67.1 Å². The Morgan fingerprint density at radius 2 is 2.12 bits per heavy atom. The molecule has 1 saturated carbocycles. The monoisotopic (exact) mass is 352 g/mol. The third-order valence-electron chi connectivity index (χ3n) is 3.94. The van der Waals surface area contributed by atoms with Crippen LogP contribution in [0.25, 0.3) is 0 Å². The van der Waals surface area contributed by atoms with Crippen molar-refractivity contribution in [3.05, 3.63) is 5.82 Å². The lowest BCUT2D eigenvalue weighted by Crippen LogP contribution is -2.38. The molecule has 24 heavy (non-hydrogen) atoms. The summed E-state index contributed by atoms with van der Waals surface area (Å²) in [6.45, 7) is 10.3. The molecular weight excluding hydrogens is 320 g/mol. The number of aryl methyl sites for hydroxylation is 1. The summed E-state index contributed by atoms with van der Waals surface area (Å²) in [6.07, 6.45) is 6.71. The van der Waals surface area contributed by atoms with Crippen molar-refractivity contribution >= 4 is 17.7 Å². The lowest BCUT2D eigenvalue weighted by Gasteiger charge is -2.13. The van der Waals surface area contributed by atoms with Crippen molar-refractivity contribution in [1.29, 1.82) is 0 Å². The lowest BCUT2D eigenvalue weighted by molar-refractivity contribution is 0.477.